The summed E-state index contributed by atoms with van der Waals surface area (Å²) in [7, 11) is 1.98. The van der Waals surface area contributed by atoms with Gasteiger partial charge in [0.2, 0.25) is 5.91 Å². The first-order chi connectivity index (χ1) is 9.00. The van der Waals surface area contributed by atoms with Gasteiger partial charge in [-0.3, -0.25) is 4.79 Å². The predicted molar refractivity (Wildman–Crippen MR) is 92.3 cm³/mol. The fourth-order valence-corrected chi connectivity index (χ4v) is 3.53. The van der Waals surface area contributed by atoms with Gasteiger partial charge in [0.25, 0.3) is 0 Å². The third-order valence-electron chi connectivity index (χ3n) is 5.01. The molecule has 4 nitrogen and oxygen atoms in total. The second kappa shape index (κ2) is 9.19. The van der Waals surface area contributed by atoms with Crippen molar-refractivity contribution >= 4 is 30.7 Å². The van der Waals surface area contributed by atoms with E-state index in [4.69, 9.17) is 5.73 Å². The van der Waals surface area contributed by atoms with Crippen LogP contribution in [0.15, 0.2) is 0 Å². The molecule has 0 aromatic rings. The van der Waals surface area contributed by atoms with Crippen molar-refractivity contribution in [2.75, 3.05) is 20.1 Å². The molecular weight excluding hydrogens is 309 g/mol. The molecular formula is C15H31Cl2N3O. The zero-order valence-corrected chi connectivity index (χ0v) is 15.1. The summed E-state index contributed by atoms with van der Waals surface area (Å²) < 4.78 is 0. The molecule has 2 aliphatic rings. The summed E-state index contributed by atoms with van der Waals surface area (Å²) in [6, 6.07) is 1.12. The zero-order valence-electron chi connectivity index (χ0n) is 13.5. The number of hydrogen-bond acceptors (Lipinski definition) is 3. The van der Waals surface area contributed by atoms with Crippen molar-refractivity contribution in [2.45, 2.75) is 64.1 Å². The number of piperidine rings is 1. The summed E-state index contributed by atoms with van der Waals surface area (Å²) >= 11 is 0. The highest BCUT2D eigenvalue weighted by Gasteiger charge is 2.35. The number of nitrogens with zero attached hydrogens (tertiary/aromatic N) is 2. The van der Waals surface area contributed by atoms with Crippen LogP contribution in [0.2, 0.25) is 0 Å². The summed E-state index contributed by atoms with van der Waals surface area (Å²) in [5.41, 5.74) is 6.05. The molecule has 1 heterocycles. The van der Waals surface area contributed by atoms with Crippen molar-refractivity contribution in [1.29, 1.82) is 0 Å². The Balaban J connectivity index is 0.00000200. The van der Waals surface area contributed by atoms with Gasteiger partial charge in [0, 0.05) is 38.3 Å². The topological polar surface area (TPSA) is 49.6 Å². The molecule has 0 bridgehead atoms. The average molecular weight is 340 g/mol. The summed E-state index contributed by atoms with van der Waals surface area (Å²) in [4.78, 5) is 17.0. The first kappa shape index (κ1) is 21.0. The molecule has 0 aromatic carbocycles. The molecule has 1 saturated heterocycles. The van der Waals surface area contributed by atoms with E-state index in [1.54, 1.807) is 0 Å². The number of amides is 1. The lowest BCUT2D eigenvalue weighted by molar-refractivity contribution is -0.137. The highest BCUT2D eigenvalue weighted by molar-refractivity contribution is 5.85. The largest absolute Gasteiger partial charge is 0.342 e. The lowest BCUT2D eigenvalue weighted by Gasteiger charge is -2.39. The number of carbonyl (C=O) groups excluding carboxylic acids is 1. The summed E-state index contributed by atoms with van der Waals surface area (Å²) in [6.07, 6.45) is 5.30. The smallest absolute Gasteiger partial charge is 0.227 e. The molecule has 2 N–H and O–H groups in total. The Morgan fingerprint density at radius 1 is 1.14 bits per heavy atom. The van der Waals surface area contributed by atoms with E-state index in [1.807, 2.05) is 11.9 Å². The maximum atomic E-state index is 12.5. The maximum Gasteiger partial charge on any atom is 0.227 e. The Hall–Kier alpha value is -0.0300. The van der Waals surface area contributed by atoms with Gasteiger partial charge in [-0.05, 0) is 39.5 Å². The van der Waals surface area contributed by atoms with Gasteiger partial charge in [0.1, 0.15) is 0 Å². The summed E-state index contributed by atoms with van der Waals surface area (Å²) in [5.74, 6) is 0.362. The lowest BCUT2D eigenvalue weighted by Crippen LogP contribution is -2.50. The van der Waals surface area contributed by atoms with E-state index >= 15 is 0 Å². The summed E-state index contributed by atoms with van der Waals surface area (Å²) in [5, 5.41) is 0. The van der Waals surface area contributed by atoms with Crippen LogP contribution in [-0.2, 0) is 4.79 Å². The van der Waals surface area contributed by atoms with Gasteiger partial charge >= 0.3 is 0 Å². The second-order valence-electron chi connectivity index (χ2n) is 6.51. The Labute approximate surface area is 141 Å². The van der Waals surface area contributed by atoms with Crippen LogP contribution in [0.1, 0.15) is 46.0 Å². The molecule has 126 valence electrons. The molecule has 6 heteroatoms. The molecule has 1 aliphatic carbocycles. The molecule has 2 rings (SSSR count). The highest BCUT2D eigenvalue weighted by Crippen LogP contribution is 2.27. The summed E-state index contributed by atoms with van der Waals surface area (Å²) in [6.45, 7) is 6.70. The van der Waals surface area contributed by atoms with Crippen molar-refractivity contribution in [3.8, 4) is 0 Å². The van der Waals surface area contributed by atoms with E-state index in [0.29, 0.717) is 12.1 Å². The van der Waals surface area contributed by atoms with Crippen LogP contribution in [0.5, 0.6) is 0 Å². The predicted octanol–water partition coefficient (Wildman–Crippen LogP) is 2.29. The third-order valence-corrected chi connectivity index (χ3v) is 5.01. The van der Waals surface area contributed by atoms with Crippen molar-refractivity contribution in [1.82, 2.24) is 9.80 Å². The standard InChI is InChI=1S/C15H29N3O.2ClH/c1-11(2)18-9-7-12(8-10-18)17(3)15(19)13-5-4-6-14(13)16;;/h11-14H,4-10,16H2,1-3H3;2*1H. The Morgan fingerprint density at radius 3 is 2.14 bits per heavy atom. The average Bonchev–Trinajstić information content (AvgIpc) is 2.83. The van der Waals surface area contributed by atoms with E-state index in [1.165, 1.54) is 0 Å². The quantitative estimate of drug-likeness (QED) is 0.858. The number of rotatable bonds is 3. The first-order valence-corrected chi connectivity index (χ1v) is 7.77. The molecule has 2 atom stereocenters. The number of hydrogen-bond donors (Lipinski definition) is 1. The van der Waals surface area contributed by atoms with Gasteiger partial charge < -0.3 is 15.5 Å². The van der Waals surface area contributed by atoms with E-state index < -0.39 is 0 Å². The van der Waals surface area contributed by atoms with Crippen molar-refractivity contribution in [3.63, 3.8) is 0 Å². The SMILES string of the molecule is CC(C)N1CCC(N(C)C(=O)C2CCCC2N)CC1.Cl.Cl. The highest BCUT2D eigenvalue weighted by atomic mass is 35.5. The fourth-order valence-electron chi connectivity index (χ4n) is 3.53. The first-order valence-electron chi connectivity index (χ1n) is 7.77. The van der Waals surface area contributed by atoms with Crippen LogP contribution in [0.4, 0.5) is 0 Å². The molecule has 21 heavy (non-hydrogen) atoms. The monoisotopic (exact) mass is 339 g/mol. The molecule has 0 radical (unpaired) electrons. The minimum absolute atomic E-state index is 0. The Kier molecular flexibility index (Phi) is 9.17. The zero-order chi connectivity index (χ0) is 14.0. The van der Waals surface area contributed by atoms with Crippen LogP contribution in [0, 0.1) is 5.92 Å². The lowest BCUT2D eigenvalue weighted by atomic mass is 9.98. The van der Waals surface area contributed by atoms with Gasteiger partial charge in [-0.15, -0.1) is 24.8 Å². The van der Waals surface area contributed by atoms with Crippen LogP contribution in [-0.4, -0.2) is 54.0 Å². The number of halogens is 2. The molecule has 1 amide bonds. The Bertz CT molecular complexity index is 320. The van der Waals surface area contributed by atoms with E-state index in [9.17, 15) is 4.79 Å². The Morgan fingerprint density at radius 2 is 1.71 bits per heavy atom. The molecule has 0 aromatic heterocycles. The van der Waals surface area contributed by atoms with Gasteiger partial charge in [0.15, 0.2) is 0 Å². The number of likely N-dealkylation sites (tertiary alicyclic amines) is 1. The number of nitrogens with two attached hydrogens (primary N) is 1. The van der Waals surface area contributed by atoms with Crippen molar-refractivity contribution in [3.05, 3.63) is 0 Å². The normalized spacial score (nSPS) is 27.1. The molecule has 1 aliphatic heterocycles. The van der Waals surface area contributed by atoms with Gasteiger partial charge in [-0.25, -0.2) is 0 Å². The molecule has 1 saturated carbocycles. The van der Waals surface area contributed by atoms with E-state index in [0.717, 1.165) is 45.2 Å². The van der Waals surface area contributed by atoms with E-state index in [-0.39, 0.29) is 42.7 Å². The van der Waals surface area contributed by atoms with Crippen molar-refractivity contribution < 1.29 is 4.79 Å². The van der Waals surface area contributed by atoms with Crippen LogP contribution in [0.3, 0.4) is 0 Å². The second-order valence-corrected chi connectivity index (χ2v) is 6.51. The maximum absolute atomic E-state index is 12.5. The fraction of sp³-hybridized carbons (Fsp3) is 0.933. The van der Waals surface area contributed by atoms with Gasteiger partial charge in [-0.1, -0.05) is 6.42 Å². The minimum Gasteiger partial charge on any atom is -0.342 e. The molecule has 0 spiro atoms. The number of carbonyl (C=O) groups is 1. The van der Waals surface area contributed by atoms with Crippen LogP contribution in [0.25, 0.3) is 0 Å². The minimum atomic E-state index is 0. The van der Waals surface area contributed by atoms with E-state index in [2.05, 4.69) is 18.7 Å². The molecule has 2 fully saturated rings. The van der Waals surface area contributed by atoms with Gasteiger partial charge in [-0.2, -0.15) is 0 Å². The van der Waals surface area contributed by atoms with Crippen LogP contribution >= 0.6 is 24.8 Å². The third kappa shape index (κ3) is 4.98. The van der Waals surface area contributed by atoms with Crippen molar-refractivity contribution in [2.24, 2.45) is 11.7 Å². The van der Waals surface area contributed by atoms with Gasteiger partial charge in [0.05, 0.1) is 5.92 Å². The van der Waals surface area contributed by atoms with Crippen LogP contribution < -0.4 is 5.73 Å². The molecule has 2 unspecified atom stereocenters.